The summed E-state index contributed by atoms with van der Waals surface area (Å²) >= 11 is 11.9. The second-order valence-electron chi connectivity index (χ2n) is 4.35. The van der Waals surface area contributed by atoms with Gasteiger partial charge in [-0.05, 0) is 29.8 Å². The number of sulfonamides is 1. The van der Waals surface area contributed by atoms with Crippen LogP contribution in [0.5, 0.6) is 5.75 Å². The highest BCUT2D eigenvalue weighted by atomic mass is 35.5. The van der Waals surface area contributed by atoms with E-state index in [0.29, 0.717) is 5.56 Å². The summed E-state index contributed by atoms with van der Waals surface area (Å²) in [5, 5.41) is -0.120. The van der Waals surface area contributed by atoms with Crippen molar-refractivity contribution in [2.75, 3.05) is 7.11 Å². The van der Waals surface area contributed by atoms with Crippen molar-refractivity contribution in [3.05, 3.63) is 57.8 Å². The first-order valence-electron chi connectivity index (χ1n) is 6.11. The molecule has 0 bridgehead atoms. The molecule has 0 unspecified atom stereocenters. The van der Waals surface area contributed by atoms with Crippen molar-refractivity contribution in [2.45, 2.75) is 11.4 Å². The Kier molecular flexibility index (Phi) is 5.28. The lowest BCUT2D eigenvalue weighted by Gasteiger charge is -2.11. The number of methoxy groups -OCH3 is 1. The molecule has 0 heterocycles. The van der Waals surface area contributed by atoms with Gasteiger partial charge in [0.15, 0.2) is 0 Å². The van der Waals surface area contributed by atoms with Crippen LogP contribution in [0.15, 0.2) is 41.3 Å². The fourth-order valence-corrected chi connectivity index (χ4v) is 3.64. The second kappa shape index (κ2) is 6.83. The summed E-state index contributed by atoms with van der Waals surface area (Å²) in [6, 6.07) is 8.32. The van der Waals surface area contributed by atoms with Gasteiger partial charge in [-0.15, -0.1) is 0 Å². The first kappa shape index (κ1) is 17.0. The summed E-state index contributed by atoms with van der Waals surface area (Å²) in [6.45, 7) is -0.0694. The maximum Gasteiger partial charge on any atom is 0.242 e. The average Bonchev–Trinajstić information content (AvgIpc) is 2.48. The summed E-state index contributed by atoms with van der Waals surface area (Å²) in [6.07, 6.45) is 0. The molecular weight excluding hydrogens is 352 g/mol. The van der Waals surface area contributed by atoms with Crippen LogP contribution < -0.4 is 9.46 Å². The lowest BCUT2D eigenvalue weighted by molar-refractivity contribution is 0.414. The zero-order chi connectivity index (χ0) is 16.3. The SMILES string of the molecule is COc1ccc(S(=O)(=O)NCc2cccc(F)c2)c(Cl)c1Cl. The Bertz CT molecular complexity index is 797. The zero-order valence-electron chi connectivity index (χ0n) is 11.4. The number of ether oxygens (including phenoxy) is 1. The summed E-state index contributed by atoms with van der Waals surface area (Å²) in [7, 11) is -2.50. The molecule has 1 N–H and O–H groups in total. The molecule has 0 radical (unpaired) electrons. The minimum absolute atomic E-state index is 0.0118. The molecule has 118 valence electrons. The van der Waals surface area contributed by atoms with Crippen LogP contribution in [0, 0.1) is 5.82 Å². The monoisotopic (exact) mass is 363 g/mol. The largest absolute Gasteiger partial charge is 0.495 e. The lowest BCUT2D eigenvalue weighted by atomic mass is 10.2. The molecule has 0 aliphatic carbocycles. The van der Waals surface area contributed by atoms with Crippen LogP contribution in [-0.4, -0.2) is 15.5 Å². The number of hydrogen-bond donors (Lipinski definition) is 1. The van der Waals surface area contributed by atoms with E-state index in [0.717, 1.165) is 0 Å². The highest BCUT2D eigenvalue weighted by Gasteiger charge is 2.21. The van der Waals surface area contributed by atoms with E-state index in [2.05, 4.69) is 4.72 Å². The van der Waals surface area contributed by atoms with Gasteiger partial charge in [0.2, 0.25) is 10.0 Å². The van der Waals surface area contributed by atoms with Crippen molar-refractivity contribution in [1.29, 1.82) is 0 Å². The molecule has 0 saturated carbocycles. The molecule has 0 atom stereocenters. The third-order valence-electron chi connectivity index (χ3n) is 2.88. The van der Waals surface area contributed by atoms with Gasteiger partial charge in [0.1, 0.15) is 21.5 Å². The van der Waals surface area contributed by atoms with E-state index in [-0.39, 0.29) is 27.2 Å². The maximum absolute atomic E-state index is 13.1. The zero-order valence-corrected chi connectivity index (χ0v) is 13.8. The summed E-state index contributed by atoms with van der Waals surface area (Å²) < 4.78 is 44.9. The Morgan fingerprint density at radius 2 is 1.91 bits per heavy atom. The van der Waals surface area contributed by atoms with Gasteiger partial charge >= 0.3 is 0 Å². The van der Waals surface area contributed by atoms with E-state index in [9.17, 15) is 12.8 Å². The number of halogens is 3. The fraction of sp³-hybridized carbons (Fsp3) is 0.143. The van der Waals surface area contributed by atoms with Gasteiger partial charge in [-0.1, -0.05) is 35.3 Å². The van der Waals surface area contributed by atoms with Crippen molar-refractivity contribution in [1.82, 2.24) is 4.72 Å². The molecule has 2 aromatic carbocycles. The smallest absolute Gasteiger partial charge is 0.242 e. The van der Waals surface area contributed by atoms with E-state index < -0.39 is 15.8 Å². The standard InChI is InChI=1S/C14H12Cl2FNO3S/c1-21-11-5-6-12(14(16)13(11)15)22(19,20)18-8-9-3-2-4-10(17)7-9/h2-7,18H,8H2,1H3. The number of benzene rings is 2. The summed E-state index contributed by atoms with van der Waals surface area (Å²) in [5.41, 5.74) is 0.485. The van der Waals surface area contributed by atoms with Crippen LogP contribution in [0.25, 0.3) is 0 Å². The van der Waals surface area contributed by atoms with E-state index in [1.54, 1.807) is 6.07 Å². The Morgan fingerprint density at radius 1 is 1.18 bits per heavy atom. The van der Waals surface area contributed by atoms with Crippen LogP contribution >= 0.6 is 23.2 Å². The fourth-order valence-electron chi connectivity index (χ4n) is 1.78. The predicted molar refractivity (Wildman–Crippen MR) is 83.4 cm³/mol. The number of rotatable bonds is 5. The molecule has 0 spiro atoms. The molecule has 2 rings (SSSR count). The van der Waals surface area contributed by atoms with Gasteiger partial charge in [-0.25, -0.2) is 17.5 Å². The molecule has 22 heavy (non-hydrogen) atoms. The predicted octanol–water partition coefficient (Wildman–Crippen LogP) is 3.62. The Hall–Kier alpha value is -1.34. The molecule has 8 heteroatoms. The van der Waals surface area contributed by atoms with Gasteiger partial charge in [0.25, 0.3) is 0 Å². The van der Waals surface area contributed by atoms with Crippen LogP contribution in [0.4, 0.5) is 4.39 Å². The van der Waals surface area contributed by atoms with E-state index in [4.69, 9.17) is 27.9 Å². The maximum atomic E-state index is 13.1. The minimum Gasteiger partial charge on any atom is -0.495 e. The lowest BCUT2D eigenvalue weighted by Crippen LogP contribution is -2.23. The third kappa shape index (κ3) is 3.70. The highest BCUT2D eigenvalue weighted by molar-refractivity contribution is 7.89. The summed E-state index contributed by atoms with van der Waals surface area (Å²) in [5.74, 6) is -0.169. The van der Waals surface area contributed by atoms with E-state index in [1.165, 1.54) is 37.4 Å². The van der Waals surface area contributed by atoms with Gasteiger partial charge in [-0.2, -0.15) is 0 Å². The first-order valence-corrected chi connectivity index (χ1v) is 8.35. The molecule has 0 amide bonds. The minimum atomic E-state index is -3.89. The molecule has 0 aliphatic heterocycles. The number of hydrogen-bond acceptors (Lipinski definition) is 3. The number of nitrogens with one attached hydrogen (secondary N) is 1. The van der Waals surface area contributed by atoms with Crippen LogP contribution in [0.1, 0.15) is 5.56 Å². The first-order chi connectivity index (χ1) is 10.3. The van der Waals surface area contributed by atoms with Crippen LogP contribution in [0.2, 0.25) is 10.0 Å². The van der Waals surface area contributed by atoms with Gasteiger partial charge < -0.3 is 4.74 Å². The van der Waals surface area contributed by atoms with Crippen molar-refractivity contribution < 1.29 is 17.5 Å². The van der Waals surface area contributed by atoms with E-state index in [1.807, 2.05) is 0 Å². The summed E-state index contributed by atoms with van der Waals surface area (Å²) in [4.78, 5) is -0.170. The Balaban J connectivity index is 2.26. The Morgan fingerprint density at radius 3 is 2.55 bits per heavy atom. The topological polar surface area (TPSA) is 55.4 Å². The van der Waals surface area contributed by atoms with Gasteiger partial charge in [-0.3, -0.25) is 0 Å². The Labute approximate surface area is 137 Å². The molecule has 0 aromatic heterocycles. The molecular formula is C14H12Cl2FNO3S. The van der Waals surface area contributed by atoms with Crippen LogP contribution in [0.3, 0.4) is 0 Å². The molecule has 0 saturated heterocycles. The quantitative estimate of drug-likeness (QED) is 0.882. The highest BCUT2D eigenvalue weighted by Crippen LogP contribution is 2.36. The molecule has 0 aliphatic rings. The van der Waals surface area contributed by atoms with Crippen molar-refractivity contribution in [3.63, 3.8) is 0 Å². The van der Waals surface area contributed by atoms with Gasteiger partial charge in [0.05, 0.1) is 12.1 Å². The van der Waals surface area contributed by atoms with Crippen LogP contribution in [-0.2, 0) is 16.6 Å². The van der Waals surface area contributed by atoms with Crippen molar-refractivity contribution in [3.8, 4) is 5.75 Å². The molecule has 4 nitrogen and oxygen atoms in total. The second-order valence-corrected chi connectivity index (χ2v) is 6.84. The van der Waals surface area contributed by atoms with E-state index >= 15 is 0 Å². The van der Waals surface area contributed by atoms with Gasteiger partial charge in [0, 0.05) is 6.54 Å². The van der Waals surface area contributed by atoms with Crippen molar-refractivity contribution >= 4 is 33.2 Å². The third-order valence-corrected chi connectivity index (χ3v) is 5.30. The average molecular weight is 364 g/mol. The molecule has 0 fully saturated rings. The normalized spacial score (nSPS) is 11.5. The molecule has 2 aromatic rings. The van der Waals surface area contributed by atoms with Crippen molar-refractivity contribution in [2.24, 2.45) is 0 Å².